The first kappa shape index (κ1) is 17.7. The van der Waals surface area contributed by atoms with E-state index in [1.165, 1.54) is 12.8 Å². The van der Waals surface area contributed by atoms with E-state index in [2.05, 4.69) is 39.2 Å². The summed E-state index contributed by atoms with van der Waals surface area (Å²) in [5, 5.41) is 3.91. The zero-order chi connectivity index (χ0) is 19.3. The van der Waals surface area contributed by atoms with Crippen LogP contribution in [0.3, 0.4) is 0 Å². The number of nitrogens with one attached hydrogen (secondary N) is 1. The Balaban J connectivity index is 1.23. The molecule has 2 fully saturated rings. The van der Waals surface area contributed by atoms with Gasteiger partial charge in [-0.2, -0.15) is 0 Å². The zero-order valence-electron chi connectivity index (χ0n) is 15.8. The highest BCUT2D eigenvalue weighted by molar-refractivity contribution is 6.30. The fourth-order valence-electron chi connectivity index (χ4n) is 5.11. The van der Waals surface area contributed by atoms with Crippen molar-refractivity contribution in [2.24, 2.45) is 17.8 Å². The van der Waals surface area contributed by atoms with Crippen molar-refractivity contribution in [3.05, 3.63) is 59.6 Å². The molecule has 0 radical (unpaired) electrons. The lowest BCUT2D eigenvalue weighted by atomic mass is 9.98. The van der Waals surface area contributed by atoms with Gasteiger partial charge in [0.15, 0.2) is 0 Å². The number of carbonyl (C=O) groups is 1. The average molecular weight is 395 g/mol. The molecule has 6 heteroatoms. The topological polar surface area (TPSA) is 59.8 Å². The lowest BCUT2D eigenvalue weighted by Crippen LogP contribution is -2.37. The predicted octanol–water partition coefficient (Wildman–Crippen LogP) is 4.44. The van der Waals surface area contributed by atoms with Gasteiger partial charge in [0.05, 0.1) is 5.69 Å². The number of hydrogen-bond donors (Lipinski definition) is 1. The van der Waals surface area contributed by atoms with Crippen LogP contribution in [0.5, 0.6) is 0 Å². The molecule has 3 unspecified atom stereocenters. The third-order valence-electron chi connectivity index (χ3n) is 6.57. The number of hydrogen-bond acceptors (Lipinski definition) is 3. The average Bonchev–Trinajstić information content (AvgIpc) is 3.06. The van der Waals surface area contributed by atoms with E-state index in [1.54, 1.807) is 30.6 Å². The third kappa shape index (κ3) is 3.08. The Bertz CT molecular complexity index is 957. The maximum Gasteiger partial charge on any atom is 0.251 e. The number of amides is 1. The molecular weight excluding hydrogens is 372 g/mol. The fraction of sp³-hybridized carbons (Fsp3) is 0.409. The number of rotatable bonds is 5. The Kier molecular flexibility index (Phi) is 4.35. The van der Waals surface area contributed by atoms with E-state index in [9.17, 15) is 4.79 Å². The van der Waals surface area contributed by atoms with E-state index in [1.807, 2.05) is 6.07 Å². The van der Waals surface area contributed by atoms with Gasteiger partial charge in [-0.25, -0.2) is 9.97 Å². The fourth-order valence-corrected chi connectivity index (χ4v) is 5.23. The molecule has 2 heterocycles. The minimum atomic E-state index is -0.000325. The maximum absolute atomic E-state index is 12.6. The lowest BCUT2D eigenvalue weighted by Gasteiger charge is -2.23. The van der Waals surface area contributed by atoms with Crippen LogP contribution >= 0.6 is 11.6 Å². The summed E-state index contributed by atoms with van der Waals surface area (Å²) in [5.74, 6) is 2.00. The highest BCUT2D eigenvalue weighted by atomic mass is 35.5. The second-order valence-electron chi connectivity index (χ2n) is 8.06. The van der Waals surface area contributed by atoms with Crippen LogP contribution in [0.2, 0.25) is 5.02 Å². The van der Waals surface area contributed by atoms with Gasteiger partial charge in [-0.05, 0) is 67.3 Å². The van der Waals surface area contributed by atoms with E-state index < -0.39 is 0 Å². The highest BCUT2D eigenvalue weighted by Crippen LogP contribution is 2.62. The molecule has 2 saturated carbocycles. The van der Waals surface area contributed by atoms with Crippen LogP contribution in [0, 0.1) is 17.8 Å². The Morgan fingerprint density at radius 1 is 1.18 bits per heavy atom. The van der Waals surface area contributed by atoms with Crippen molar-refractivity contribution in [1.29, 1.82) is 0 Å². The SMILES string of the molecule is CCC(NC(=O)c1ccc(Cl)cc1)C1[C@H]2CC(n3ccc4ncnc-4c3)C[C@@H]12. The van der Waals surface area contributed by atoms with Gasteiger partial charge in [0, 0.05) is 35.1 Å². The summed E-state index contributed by atoms with van der Waals surface area (Å²) >= 11 is 5.92. The molecule has 0 saturated heterocycles. The predicted molar refractivity (Wildman–Crippen MR) is 108 cm³/mol. The van der Waals surface area contributed by atoms with Crippen LogP contribution in [-0.4, -0.2) is 26.5 Å². The number of pyridine rings is 1. The van der Waals surface area contributed by atoms with Crippen LogP contribution in [0.25, 0.3) is 11.4 Å². The molecule has 0 bridgehead atoms. The normalized spacial score (nSPS) is 26.8. The molecule has 0 spiro atoms. The second kappa shape index (κ2) is 6.89. The minimum Gasteiger partial charge on any atom is -0.349 e. The number of aromatic nitrogens is 3. The molecule has 1 aromatic rings. The standard InChI is InChI=1S/C22H23ClN4O/c1-2-18(26-22(28)13-3-5-14(23)6-4-13)21-16-9-15(10-17(16)21)27-8-7-19-20(11-27)25-12-24-19/h3-8,11-12,15-18,21H,2,9-10H2,1H3,(H,26,28)/t15?,16-,17+,18?,21?. The number of imidazole rings is 1. The molecule has 1 amide bonds. The highest BCUT2D eigenvalue weighted by Gasteiger charge is 2.58. The number of halogens is 1. The van der Waals surface area contributed by atoms with Gasteiger partial charge in [0.25, 0.3) is 5.91 Å². The molecule has 1 aromatic carbocycles. The smallest absolute Gasteiger partial charge is 0.251 e. The molecule has 2 aliphatic heterocycles. The molecule has 5 rings (SSSR count). The second-order valence-corrected chi connectivity index (χ2v) is 8.50. The molecule has 144 valence electrons. The molecule has 1 N–H and O–H groups in total. The van der Waals surface area contributed by atoms with Crippen LogP contribution in [-0.2, 0) is 0 Å². The third-order valence-corrected chi connectivity index (χ3v) is 6.82. The van der Waals surface area contributed by atoms with Crippen molar-refractivity contribution in [3.8, 4) is 11.4 Å². The Morgan fingerprint density at radius 3 is 2.61 bits per heavy atom. The summed E-state index contributed by atoms with van der Waals surface area (Å²) < 4.78 is 2.30. The van der Waals surface area contributed by atoms with Gasteiger partial charge >= 0.3 is 0 Å². The number of benzene rings is 1. The summed E-state index contributed by atoms with van der Waals surface area (Å²) in [7, 11) is 0. The Hall–Kier alpha value is -2.40. The molecule has 28 heavy (non-hydrogen) atoms. The number of fused-ring (bicyclic) bond motifs is 2. The van der Waals surface area contributed by atoms with Crippen molar-refractivity contribution in [2.75, 3.05) is 0 Å². The minimum absolute atomic E-state index is 0.000325. The number of carbonyl (C=O) groups excluding carboxylic acids is 1. The largest absolute Gasteiger partial charge is 0.349 e. The van der Waals surface area contributed by atoms with Crippen molar-refractivity contribution in [1.82, 2.24) is 19.9 Å². The van der Waals surface area contributed by atoms with Gasteiger partial charge < -0.3 is 9.88 Å². The molecule has 4 aliphatic rings. The summed E-state index contributed by atoms with van der Waals surface area (Å²) in [6.45, 7) is 2.16. The number of nitrogens with zero attached hydrogens (tertiary/aromatic N) is 3. The van der Waals surface area contributed by atoms with Gasteiger partial charge in [-0.1, -0.05) is 18.5 Å². The van der Waals surface area contributed by atoms with Gasteiger partial charge in [-0.15, -0.1) is 0 Å². The quantitative estimate of drug-likeness (QED) is 0.695. The van der Waals surface area contributed by atoms with E-state index >= 15 is 0 Å². The summed E-state index contributed by atoms with van der Waals surface area (Å²) in [4.78, 5) is 21.1. The first-order valence-corrected chi connectivity index (χ1v) is 10.4. The molecular formula is C22H23ClN4O. The maximum atomic E-state index is 12.6. The Morgan fingerprint density at radius 2 is 1.89 bits per heavy atom. The first-order chi connectivity index (χ1) is 13.6. The monoisotopic (exact) mass is 394 g/mol. The summed E-state index contributed by atoms with van der Waals surface area (Å²) in [5.41, 5.74) is 2.58. The molecule has 2 aliphatic carbocycles. The zero-order valence-corrected chi connectivity index (χ0v) is 16.5. The molecule has 5 atom stereocenters. The van der Waals surface area contributed by atoms with Crippen molar-refractivity contribution < 1.29 is 4.79 Å². The van der Waals surface area contributed by atoms with E-state index in [-0.39, 0.29) is 11.9 Å². The van der Waals surface area contributed by atoms with Crippen molar-refractivity contribution in [2.45, 2.75) is 38.3 Å². The van der Waals surface area contributed by atoms with Crippen molar-refractivity contribution in [3.63, 3.8) is 0 Å². The van der Waals surface area contributed by atoms with Crippen LogP contribution < -0.4 is 5.32 Å². The van der Waals surface area contributed by atoms with Crippen LogP contribution in [0.15, 0.2) is 49.1 Å². The molecule has 5 nitrogen and oxygen atoms in total. The van der Waals surface area contributed by atoms with Gasteiger partial charge in [-0.3, -0.25) is 4.79 Å². The molecule has 0 aromatic heterocycles. The summed E-state index contributed by atoms with van der Waals surface area (Å²) in [6.07, 6.45) is 9.17. The summed E-state index contributed by atoms with van der Waals surface area (Å²) in [6, 6.07) is 9.91. The van der Waals surface area contributed by atoms with Crippen LogP contribution in [0.1, 0.15) is 42.6 Å². The lowest BCUT2D eigenvalue weighted by molar-refractivity contribution is 0.0927. The van der Waals surface area contributed by atoms with E-state index in [4.69, 9.17) is 11.6 Å². The van der Waals surface area contributed by atoms with Crippen molar-refractivity contribution >= 4 is 17.5 Å². The van der Waals surface area contributed by atoms with Crippen LogP contribution in [0.4, 0.5) is 0 Å². The van der Waals surface area contributed by atoms with E-state index in [0.717, 1.165) is 17.8 Å². The Labute approximate surface area is 169 Å². The first-order valence-electron chi connectivity index (χ1n) is 9.98. The van der Waals surface area contributed by atoms with Gasteiger partial charge in [0.2, 0.25) is 0 Å². The van der Waals surface area contributed by atoms with Gasteiger partial charge in [0.1, 0.15) is 12.0 Å². The van der Waals surface area contributed by atoms with E-state index in [0.29, 0.717) is 34.4 Å².